The van der Waals surface area contributed by atoms with Crippen LogP contribution in [-0.4, -0.2) is 16.7 Å². The maximum atomic E-state index is 4.22. The summed E-state index contributed by atoms with van der Waals surface area (Å²) >= 11 is 3.96. The van der Waals surface area contributed by atoms with Crippen LogP contribution in [-0.2, 0) is 6.54 Å². The van der Waals surface area contributed by atoms with Crippen LogP contribution in [0.25, 0.3) is 10.6 Å². The molecule has 1 aromatic heterocycles. The van der Waals surface area contributed by atoms with Gasteiger partial charge in [-0.25, -0.2) is 0 Å². The van der Waals surface area contributed by atoms with E-state index in [2.05, 4.69) is 69.3 Å². The second kappa shape index (κ2) is 6.42. The predicted molar refractivity (Wildman–Crippen MR) is 80.1 cm³/mol. The van der Waals surface area contributed by atoms with Crippen LogP contribution >= 0.6 is 33.9 Å². The van der Waals surface area contributed by atoms with Gasteiger partial charge in [0.25, 0.3) is 0 Å². The highest BCUT2D eigenvalue weighted by molar-refractivity contribution is 14.1. The average molecular weight is 359 g/mol. The third-order valence-corrected chi connectivity index (χ3v) is 3.95. The summed E-state index contributed by atoms with van der Waals surface area (Å²) in [6, 6.07) is 8.36. The van der Waals surface area contributed by atoms with E-state index in [4.69, 9.17) is 0 Å². The van der Waals surface area contributed by atoms with Crippen molar-refractivity contribution in [2.45, 2.75) is 19.9 Å². The summed E-state index contributed by atoms with van der Waals surface area (Å²) in [5, 5.41) is 13.8. The number of nitrogens with one attached hydrogen (secondary N) is 1. The normalized spacial score (nSPS) is 10.7. The Hall–Kier alpha value is -0.530. The van der Waals surface area contributed by atoms with Crippen molar-refractivity contribution in [3.63, 3.8) is 0 Å². The molecule has 3 nitrogen and oxygen atoms in total. The lowest BCUT2D eigenvalue weighted by Gasteiger charge is -1.97. The van der Waals surface area contributed by atoms with Crippen molar-refractivity contribution in [1.82, 2.24) is 15.5 Å². The molecule has 0 aliphatic carbocycles. The van der Waals surface area contributed by atoms with E-state index in [1.807, 2.05) is 0 Å². The van der Waals surface area contributed by atoms with Gasteiger partial charge in [0.2, 0.25) is 0 Å². The summed E-state index contributed by atoms with van der Waals surface area (Å²) in [5.74, 6) is 0. The van der Waals surface area contributed by atoms with Crippen LogP contribution in [0.4, 0.5) is 0 Å². The molecule has 0 spiro atoms. The van der Waals surface area contributed by atoms with Crippen molar-refractivity contribution in [2.24, 2.45) is 0 Å². The maximum absolute atomic E-state index is 4.22. The molecule has 0 amide bonds. The van der Waals surface area contributed by atoms with Crippen LogP contribution in [0.15, 0.2) is 24.3 Å². The maximum Gasteiger partial charge on any atom is 0.147 e. The largest absolute Gasteiger partial charge is 0.310 e. The number of aromatic nitrogens is 2. The average Bonchev–Trinajstić information content (AvgIpc) is 2.79. The molecule has 0 aliphatic rings. The lowest BCUT2D eigenvalue weighted by molar-refractivity contribution is 0.668. The second-order valence-electron chi connectivity index (χ2n) is 3.68. The minimum absolute atomic E-state index is 0.815. The summed E-state index contributed by atoms with van der Waals surface area (Å²) < 4.78 is 1.24. The first kappa shape index (κ1) is 12.9. The van der Waals surface area contributed by atoms with Gasteiger partial charge in [0.05, 0.1) is 0 Å². The van der Waals surface area contributed by atoms with Gasteiger partial charge in [-0.05, 0) is 47.7 Å². The van der Waals surface area contributed by atoms with Gasteiger partial charge in [0.15, 0.2) is 0 Å². The Morgan fingerprint density at radius 1 is 1.24 bits per heavy atom. The fraction of sp³-hybridized carbons (Fsp3) is 0.333. The minimum atomic E-state index is 0.815. The molecule has 0 aliphatic heterocycles. The summed E-state index contributed by atoms with van der Waals surface area (Å²) in [4.78, 5) is 0. The standard InChI is InChI=1S/C12H14IN3S/c1-2-7-14-8-11-15-16-12(17-11)9-3-5-10(13)6-4-9/h3-6,14H,2,7-8H2,1H3. The third-order valence-electron chi connectivity index (χ3n) is 2.26. The monoisotopic (exact) mass is 359 g/mol. The van der Waals surface area contributed by atoms with Crippen molar-refractivity contribution in [1.29, 1.82) is 0 Å². The number of hydrogen-bond donors (Lipinski definition) is 1. The summed E-state index contributed by atoms with van der Waals surface area (Å²) in [7, 11) is 0. The Morgan fingerprint density at radius 2 is 2.00 bits per heavy atom. The van der Waals surface area contributed by atoms with Gasteiger partial charge in [-0.3, -0.25) is 0 Å². The van der Waals surface area contributed by atoms with Gasteiger partial charge in [0, 0.05) is 15.7 Å². The molecule has 0 fully saturated rings. The Kier molecular flexibility index (Phi) is 4.87. The first-order valence-corrected chi connectivity index (χ1v) is 7.48. The first-order chi connectivity index (χ1) is 8.29. The Balaban J connectivity index is 2.04. The summed E-state index contributed by atoms with van der Waals surface area (Å²) in [6.07, 6.45) is 1.14. The Morgan fingerprint density at radius 3 is 2.71 bits per heavy atom. The van der Waals surface area contributed by atoms with E-state index in [1.54, 1.807) is 11.3 Å². The molecule has 2 rings (SSSR count). The molecule has 0 radical (unpaired) electrons. The van der Waals surface area contributed by atoms with Gasteiger partial charge in [0.1, 0.15) is 10.0 Å². The van der Waals surface area contributed by atoms with Crippen molar-refractivity contribution in [2.75, 3.05) is 6.54 Å². The molecular formula is C12H14IN3S. The highest BCUT2D eigenvalue weighted by atomic mass is 127. The molecule has 0 atom stereocenters. The molecule has 2 aromatic rings. The van der Waals surface area contributed by atoms with Crippen molar-refractivity contribution in [3.8, 4) is 10.6 Å². The van der Waals surface area contributed by atoms with Crippen molar-refractivity contribution in [3.05, 3.63) is 32.8 Å². The van der Waals surface area contributed by atoms with Gasteiger partial charge in [-0.2, -0.15) is 0 Å². The molecular weight excluding hydrogens is 345 g/mol. The van der Waals surface area contributed by atoms with Gasteiger partial charge in [-0.15, -0.1) is 10.2 Å². The van der Waals surface area contributed by atoms with E-state index in [0.717, 1.165) is 35.1 Å². The minimum Gasteiger partial charge on any atom is -0.310 e. The highest BCUT2D eigenvalue weighted by Crippen LogP contribution is 2.23. The van der Waals surface area contributed by atoms with Crippen LogP contribution in [0.5, 0.6) is 0 Å². The lowest BCUT2D eigenvalue weighted by atomic mass is 10.2. The molecule has 1 heterocycles. The van der Waals surface area contributed by atoms with E-state index in [0.29, 0.717) is 0 Å². The third kappa shape index (κ3) is 3.72. The number of benzene rings is 1. The van der Waals surface area contributed by atoms with Gasteiger partial charge < -0.3 is 5.32 Å². The quantitative estimate of drug-likeness (QED) is 0.658. The van der Waals surface area contributed by atoms with E-state index in [9.17, 15) is 0 Å². The molecule has 0 saturated carbocycles. The fourth-order valence-electron chi connectivity index (χ4n) is 1.41. The predicted octanol–water partition coefficient (Wildman–Crippen LogP) is 3.31. The van der Waals surface area contributed by atoms with E-state index >= 15 is 0 Å². The van der Waals surface area contributed by atoms with Crippen LogP contribution < -0.4 is 5.32 Å². The molecule has 17 heavy (non-hydrogen) atoms. The van der Waals surface area contributed by atoms with Crippen LogP contribution in [0.3, 0.4) is 0 Å². The molecule has 0 saturated heterocycles. The van der Waals surface area contributed by atoms with Crippen LogP contribution in [0.2, 0.25) is 0 Å². The highest BCUT2D eigenvalue weighted by Gasteiger charge is 2.05. The molecule has 5 heteroatoms. The number of rotatable bonds is 5. The summed E-state index contributed by atoms with van der Waals surface area (Å²) in [5.41, 5.74) is 1.14. The van der Waals surface area contributed by atoms with E-state index in [1.165, 1.54) is 3.57 Å². The zero-order valence-electron chi connectivity index (χ0n) is 9.61. The van der Waals surface area contributed by atoms with Crippen LogP contribution in [0, 0.1) is 3.57 Å². The molecule has 0 bridgehead atoms. The number of halogens is 1. The number of hydrogen-bond acceptors (Lipinski definition) is 4. The first-order valence-electron chi connectivity index (χ1n) is 5.58. The lowest BCUT2D eigenvalue weighted by Crippen LogP contribution is -2.13. The SMILES string of the molecule is CCCNCc1nnc(-c2ccc(I)cc2)s1. The van der Waals surface area contributed by atoms with Crippen LogP contribution in [0.1, 0.15) is 18.4 Å². The Labute approximate surface area is 119 Å². The van der Waals surface area contributed by atoms with Gasteiger partial charge in [-0.1, -0.05) is 30.4 Å². The molecule has 0 unspecified atom stereocenters. The van der Waals surface area contributed by atoms with Crippen molar-refractivity contribution >= 4 is 33.9 Å². The molecule has 90 valence electrons. The topological polar surface area (TPSA) is 37.8 Å². The molecule has 1 N–H and O–H groups in total. The fourth-order valence-corrected chi connectivity index (χ4v) is 2.58. The van der Waals surface area contributed by atoms with Gasteiger partial charge >= 0.3 is 0 Å². The zero-order valence-corrected chi connectivity index (χ0v) is 12.6. The molecule has 1 aromatic carbocycles. The van der Waals surface area contributed by atoms with E-state index < -0.39 is 0 Å². The Bertz CT molecular complexity index is 467. The summed E-state index contributed by atoms with van der Waals surface area (Å²) in [6.45, 7) is 4.00. The van der Waals surface area contributed by atoms with E-state index in [-0.39, 0.29) is 0 Å². The smallest absolute Gasteiger partial charge is 0.147 e. The second-order valence-corrected chi connectivity index (χ2v) is 5.99. The zero-order chi connectivity index (χ0) is 12.1. The van der Waals surface area contributed by atoms with Crippen molar-refractivity contribution < 1.29 is 0 Å². The number of nitrogens with zero attached hydrogens (tertiary/aromatic N) is 2.